The van der Waals surface area contributed by atoms with E-state index in [4.69, 9.17) is 0 Å². The molecular formula is C24H35IN6O. The van der Waals surface area contributed by atoms with Crippen LogP contribution in [0.3, 0.4) is 0 Å². The number of likely N-dealkylation sites (tertiary alicyclic amines) is 1. The lowest BCUT2D eigenvalue weighted by molar-refractivity contribution is -0.135. The minimum atomic E-state index is 0. The van der Waals surface area contributed by atoms with Crippen molar-refractivity contribution in [2.45, 2.75) is 51.0 Å². The molecule has 0 bridgehead atoms. The molecule has 1 aliphatic carbocycles. The molecule has 0 radical (unpaired) electrons. The fourth-order valence-electron chi connectivity index (χ4n) is 4.64. The fraction of sp³-hybridized carbons (Fsp3) is 0.542. The minimum Gasteiger partial charge on any atom is -0.356 e. The molecule has 1 unspecified atom stereocenters. The summed E-state index contributed by atoms with van der Waals surface area (Å²) in [5, 5.41) is 11.2. The van der Waals surface area contributed by atoms with E-state index in [1.807, 2.05) is 16.9 Å². The topological polar surface area (TPSA) is 74.6 Å². The molecule has 2 aromatic rings. The van der Waals surface area contributed by atoms with Crippen LogP contribution in [-0.2, 0) is 11.2 Å². The summed E-state index contributed by atoms with van der Waals surface area (Å²) in [6.45, 7) is 2.44. The van der Waals surface area contributed by atoms with Gasteiger partial charge in [-0.2, -0.15) is 5.10 Å². The fourth-order valence-corrected chi connectivity index (χ4v) is 4.64. The molecular weight excluding hydrogens is 515 g/mol. The summed E-state index contributed by atoms with van der Waals surface area (Å²) in [6, 6.07) is 10.7. The van der Waals surface area contributed by atoms with Crippen LogP contribution < -0.4 is 10.6 Å². The summed E-state index contributed by atoms with van der Waals surface area (Å²) in [5.74, 6) is 1.43. The molecule has 7 nitrogen and oxygen atoms in total. The van der Waals surface area contributed by atoms with Gasteiger partial charge in [-0.25, -0.2) is 4.68 Å². The quantitative estimate of drug-likeness (QED) is 0.329. The highest BCUT2D eigenvalue weighted by Gasteiger charge is 2.31. The smallest absolute Gasteiger partial charge is 0.225 e. The first-order valence-corrected chi connectivity index (χ1v) is 11.6. The largest absolute Gasteiger partial charge is 0.356 e. The van der Waals surface area contributed by atoms with Gasteiger partial charge in [0.05, 0.1) is 5.69 Å². The monoisotopic (exact) mass is 550 g/mol. The Hall–Kier alpha value is -2.10. The Morgan fingerprint density at radius 3 is 2.62 bits per heavy atom. The van der Waals surface area contributed by atoms with Crippen molar-refractivity contribution in [1.29, 1.82) is 0 Å². The number of aromatic nitrogens is 2. The number of halogens is 1. The molecule has 1 aromatic carbocycles. The lowest BCUT2D eigenvalue weighted by atomic mass is 9.88. The number of carbonyl (C=O) groups excluding carboxylic acids is 1. The Morgan fingerprint density at radius 1 is 1.16 bits per heavy atom. The van der Waals surface area contributed by atoms with Gasteiger partial charge >= 0.3 is 0 Å². The number of guanidine groups is 1. The van der Waals surface area contributed by atoms with Gasteiger partial charge in [-0.15, -0.1) is 24.0 Å². The number of benzene rings is 1. The molecule has 1 saturated carbocycles. The third-order valence-corrected chi connectivity index (χ3v) is 6.43. The zero-order valence-corrected chi connectivity index (χ0v) is 21.2. The predicted molar refractivity (Wildman–Crippen MR) is 139 cm³/mol. The van der Waals surface area contributed by atoms with Gasteiger partial charge in [0, 0.05) is 51.0 Å². The molecule has 8 heteroatoms. The number of aliphatic imine (C=N–C) groups is 1. The summed E-state index contributed by atoms with van der Waals surface area (Å²) in [4.78, 5) is 19.2. The molecule has 1 aliphatic heterocycles. The van der Waals surface area contributed by atoms with E-state index in [0.29, 0.717) is 5.91 Å². The Bertz CT molecular complexity index is 861. The van der Waals surface area contributed by atoms with Crippen LogP contribution in [0.25, 0.3) is 5.69 Å². The SMILES string of the molecule is CN=C(NCCc1ccc(-n2cccn2)cc1)NC1CCN(C(=O)C2CCCCC2)C1.I. The van der Waals surface area contributed by atoms with E-state index in [0.717, 1.165) is 57.0 Å². The molecule has 0 spiro atoms. The second kappa shape index (κ2) is 12.2. The van der Waals surface area contributed by atoms with Crippen LogP contribution in [0, 0.1) is 5.92 Å². The molecule has 1 aromatic heterocycles. The average molecular weight is 550 g/mol. The van der Waals surface area contributed by atoms with Gasteiger partial charge in [0.15, 0.2) is 5.96 Å². The molecule has 2 heterocycles. The van der Waals surface area contributed by atoms with Crippen LogP contribution in [0.1, 0.15) is 44.1 Å². The number of hydrogen-bond acceptors (Lipinski definition) is 3. The second-order valence-corrected chi connectivity index (χ2v) is 8.62. The van der Waals surface area contributed by atoms with E-state index in [-0.39, 0.29) is 35.9 Å². The van der Waals surface area contributed by atoms with Gasteiger partial charge in [-0.05, 0) is 49.4 Å². The van der Waals surface area contributed by atoms with Crippen LogP contribution in [-0.4, -0.2) is 59.3 Å². The number of nitrogens with one attached hydrogen (secondary N) is 2. The normalized spacial score (nSPS) is 19.5. The van der Waals surface area contributed by atoms with Gasteiger partial charge in [0.2, 0.25) is 5.91 Å². The Kier molecular flexibility index (Phi) is 9.37. The van der Waals surface area contributed by atoms with Crippen molar-refractivity contribution in [2.24, 2.45) is 10.9 Å². The van der Waals surface area contributed by atoms with Crippen molar-refractivity contribution in [3.8, 4) is 5.69 Å². The number of rotatable bonds is 6. The van der Waals surface area contributed by atoms with E-state index in [1.165, 1.54) is 24.8 Å². The lowest BCUT2D eigenvalue weighted by Crippen LogP contribution is -2.46. The van der Waals surface area contributed by atoms with Gasteiger partial charge < -0.3 is 15.5 Å². The van der Waals surface area contributed by atoms with Crippen LogP contribution in [0.5, 0.6) is 0 Å². The molecule has 4 rings (SSSR count). The summed E-state index contributed by atoms with van der Waals surface area (Å²) in [5.41, 5.74) is 2.33. The number of carbonyl (C=O) groups is 1. The second-order valence-electron chi connectivity index (χ2n) is 8.62. The Labute approximate surface area is 208 Å². The number of hydrogen-bond donors (Lipinski definition) is 2. The predicted octanol–water partition coefficient (Wildman–Crippen LogP) is 3.38. The highest BCUT2D eigenvalue weighted by molar-refractivity contribution is 14.0. The molecule has 1 amide bonds. The first-order chi connectivity index (χ1) is 15.2. The van der Waals surface area contributed by atoms with E-state index < -0.39 is 0 Å². The van der Waals surface area contributed by atoms with Crippen molar-refractivity contribution >= 4 is 35.8 Å². The van der Waals surface area contributed by atoms with Crippen molar-refractivity contribution in [1.82, 2.24) is 25.3 Å². The van der Waals surface area contributed by atoms with Crippen molar-refractivity contribution in [3.63, 3.8) is 0 Å². The highest BCUT2D eigenvalue weighted by Crippen LogP contribution is 2.26. The molecule has 1 saturated heterocycles. The van der Waals surface area contributed by atoms with Crippen LogP contribution in [0.2, 0.25) is 0 Å². The summed E-state index contributed by atoms with van der Waals surface area (Å²) >= 11 is 0. The minimum absolute atomic E-state index is 0. The molecule has 32 heavy (non-hydrogen) atoms. The third kappa shape index (κ3) is 6.46. The summed E-state index contributed by atoms with van der Waals surface area (Å²) in [6.07, 6.45) is 11.4. The first kappa shape index (κ1) is 24.5. The third-order valence-electron chi connectivity index (χ3n) is 6.43. The van der Waals surface area contributed by atoms with Crippen LogP contribution >= 0.6 is 24.0 Å². The lowest BCUT2D eigenvalue weighted by Gasteiger charge is -2.26. The number of nitrogens with zero attached hydrogens (tertiary/aromatic N) is 4. The molecule has 1 atom stereocenters. The first-order valence-electron chi connectivity index (χ1n) is 11.6. The number of amides is 1. The van der Waals surface area contributed by atoms with E-state index in [2.05, 4.69) is 49.9 Å². The van der Waals surface area contributed by atoms with Gasteiger partial charge in [0.25, 0.3) is 0 Å². The van der Waals surface area contributed by atoms with E-state index >= 15 is 0 Å². The average Bonchev–Trinajstić information content (AvgIpc) is 3.51. The standard InChI is InChI=1S/C24H34N6O.HI/c1-25-24(26-15-12-19-8-10-22(11-9-19)30-16-5-14-27-30)28-21-13-17-29(18-21)23(31)20-6-3-2-4-7-20;/h5,8-11,14,16,20-21H,2-4,6-7,12-13,15,17-18H2,1H3,(H2,25,26,28);1H. The maximum atomic E-state index is 12.8. The van der Waals surface area contributed by atoms with Crippen molar-refractivity contribution < 1.29 is 4.79 Å². The summed E-state index contributed by atoms with van der Waals surface area (Å²) in [7, 11) is 1.80. The zero-order chi connectivity index (χ0) is 21.5. The maximum absolute atomic E-state index is 12.8. The van der Waals surface area contributed by atoms with Crippen molar-refractivity contribution in [3.05, 3.63) is 48.3 Å². The zero-order valence-electron chi connectivity index (χ0n) is 18.9. The summed E-state index contributed by atoms with van der Waals surface area (Å²) < 4.78 is 1.86. The van der Waals surface area contributed by atoms with E-state index in [9.17, 15) is 4.79 Å². The van der Waals surface area contributed by atoms with E-state index in [1.54, 1.807) is 13.2 Å². The molecule has 2 aliphatic rings. The van der Waals surface area contributed by atoms with Crippen LogP contribution in [0.15, 0.2) is 47.7 Å². The molecule has 2 N–H and O–H groups in total. The molecule has 174 valence electrons. The molecule has 2 fully saturated rings. The highest BCUT2D eigenvalue weighted by atomic mass is 127. The van der Waals surface area contributed by atoms with Crippen molar-refractivity contribution in [2.75, 3.05) is 26.7 Å². The van der Waals surface area contributed by atoms with Gasteiger partial charge in [-0.3, -0.25) is 9.79 Å². The Morgan fingerprint density at radius 2 is 1.94 bits per heavy atom. The maximum Gasteiger partial charge on any atom is 0.225 e. The van der Waals surface area contributed by atoms with Gasteiger partial charge in [-0.1, -0.05) is 31.4 Å². The van der Waals surface area contributed by atoms with Crippen LogP contribution in [0.4, 0.5) is 0 Å². The van der Waals surface area contributed by atoms with Gasteiger partial charge in [0.1, 0.15) is 0 Å². The Balaban J connectivity index is 0.00000289.